The number of piperazine rings is 2. The molecule has 0 spiro atoms. The van der Waals surface area contributed by atoms with Crippen LogP contribution in [0.25, 0.3) is 0 Å². The first-order valence-corrected chi connectivity index (χ1v) is 9.99. The van der Waals surface area contributed by atoms with Crippen LogP contribution in [0.2, 0.25) is 0 Å². The molecular formula is C21H28N6O. The van der Waals surface area contributed by atoms with Crippen molar-refractivity contribution in [3.8, 4) is 0 Å². The summed E-state index contributed by atoms with van der Waals surface area (Å²) in [5, 5.41) is 0. The fourth-order valence-corrected chi connectivity index (χ4v) is 3.95. The Morgan fingerprint density at radius 1 is 0.821 bits per heavy atom. The van der Waals surface area contributed by atoms with E-state index in [1.54, 1.807) is 13.3 Å². The molecule has 0 atom stereocenters. The molecule has 2 aliphatic heterocycles. The van der Waals surface area contributed by atoms with E-state index in [9.17, 15) is 4.79 Å². The zero-order chi connectivity index (χ0) is 19.5. The second kappa shape index (κ2) is 8.04. The SMILES string of the molecule is CC(=O)N1CCN(c2cc(N3CCN(c4cccc(C)c4)CC3)ncn2)CC1. The molecule has 0 N–H and O–H groups in total. The van der Waals surface area contributed by atoms with Gasteiger partial charge in [0, 0.05) is 71.0 Å². The predicted molar refractivity (Wildman–Crippen MR) is 112 cm³/mol. The molecule has 0 saturated carbocycles. The van der Waals surface area contributed by atoms with E-state index in [1.165, 1.54) is 11.3 Å². The van der Waals surface area contributed by atoms with Crippen LogP contribution in [0.1, 0.15) is 12.5 Å². The fraction of sp³-hybridized carbons (Fsp3) is 0.476. The first-order chi connectivity index (χ1) is 13.6. The number of rotatable bonds is 3. The van der Waals surface area contributed by atoms with Gasteiger partial charge in [-0.1, -0.05) is 12.1 Å². The van der Waals surface area contributed by atoms with Crippen molar-refractivity contribution in [2.45, 2.75) is 13.8 Å². The lowest BCUT2D eigenvalue weighted by Gasteiger charge is -2.38. The Hall–Kier alpha value is -2.83. The quantitative estimate of drug-likeness (QED) is 0.809. The molecule has 0 radical (unpaired) electrons. The van der Waals surface area contributed by atoms with Crippen molar-refractivity contribution in [2.75, 3.05) is 67.1 Å². The van der Waals surface area contributed by atoms with E-state index in [-0.39, 0.29) is 5.91 Å². The maximum absolute atomic E-state index is 11.5. The van der Waals surface area contributed by atoms with Crippen molar-refractivity contribution in [1.82, 2.24) is 14.9 Å². The van der Waals surface area contributed by atoms with Crippen molar-refractivity contribution < 1.29 is 4.79 Å². The minimum absolute atomic E-state index is 0.148. The van der Waals surface area contributed by atoms with Gasteiger partial charge in [0.1, 0.15) is 18.0 Å². The van der Waals surface area contributed by atoms with Crippen LogP contribution < -0.4 is 14.7 Å². The third kappa shape index (κ3) is 4.03. The molecule has 0 unspecified atom stereocenters. The number of carbonyl (C=O) groups is 1. The van der Waals surface area contributed by atoms with Gasteiger partial charge in [0.05, 0.1) is 0 Å². The van der Waals surface area contributed by atoms with Gasteiger partial charge in [0.25, 0.3) is 0 Å². The maximum Gasteiger partial charge on any atom is 0.219 e. The average Bonchev–Trinajstić information content (AvgIpc) is 2.74. The van der Waals surface area contributed by atoms with Crippen LogP contribution >= 0.6 is 0 Å². The maximum atomic E-state index is 11.5. The lowest BCUT2D eigenvalue weighted by molar-refractivity contribution is -0.129. The van der Waals surface area contributed by atoms with Crippen molar-refractivity contribution in [3.05, 3.63) is 42.2 Å². The fourth-order valence-electron chi connectivity index (χ4n) is 3.95. The number of benzene rings is 1. The second-order valence-corrected chi connectivity index (χ2v) is 7.54. The van der Waals surface area contributed by atoms with E-state index in [2.05, 4.69) is 61.9 Å². The van der Waals surface area contributed by atoms with Gasteiger partial charge in [-0.2, -0.15) is 0 Å². The van der Waals surface area contributed by atoms with Gasteiger partial charge >= 0.3 is 0 Å². The van der Waals surface area contributed by atoms with Crippen LogP contribution in [0.5, 0.6) is 0 Å². The first kappa shape index (κ1) is 18.5. The van der Waals surface area contributed by atoms with Crippen LogP contribution in [0, 0.1) is 6.92 Å². The lowest BCUT2D eigenvalue weighted by atomic mass is 10.2. The van der Waals surface area contributed by atoms with Crippen LogP contribution in [0.3, 0.4) is 0 Å². The molecule has 7 heteroatoms. The molecule has 148 valence electrons. The highest BCUT2D eigenvalue weighted by molar-refractivity contribution is 5.73. The van der Waals surface area contributed by atoms with Gasteiger partial charge < -0.3 is 19.6 Å². The molecule has 0 aliphatic carbocycles. The van der Waals surface area contributed by atoms with Crippen LogP contribution in [-0.2, 0) is 4.79 Å². The number of aryl methyl sites for hydroxylation is 1. The number of carbonyl (C=O) groups excluding carboxylic acids is 1. The summed E-state index contributed by atoms with van der Waals surface area (Å²) < 4.78 is 0. The van der Waals surface area contributed by atoms with Crippen LogP contribution in [0.15, 0.2) is 36.7 Å². The van der Waals surface area contributed by atoms with E-state index in [0.717, 1.165) is 64.0 Å². The summed E-state index contributed by atoms with van der Waals surface area (Å²) in [6.45, 7) is 10.8. The Kier molecular flexibility index (Phi) is 5.32. The monoisotopic (exact) mass is 380 g/mol. The number of nitrogens with zero attached hydrogens (tertiary/aromatic N) is 6. The van der Waals surface area contributed by atoms with E-state index in [1.807, 2.05) is 4.90 Å². The van der Waals surface area contributed by atoms with Crippen LogP contribution in [0.4, 0.5) is 17.3 Å². The summed E-state index contributed by atoms with van der Waals surface area (Å²) in [5.74, 6) is 2.09. The highest BCUT2D eigenvalue weighted by atomic mass is 16.2. The summed E-state index contributed by atoms with van der Waals surface area (Å²) in [6.07, 6.45) is 1.66. The minimum Gasteiger partial charge on any atom is -0.368 e. The summed E-state index contributed by atoms with van der Waals surface area (Å²) in [6, 6.07) is 10.8. The van der Waals surface area contributed by atoms with Crippen molar-refractivity contribution in [2.24, 2.45) is 0 Å². The Labute approximate surface area is 166 Å². The van der Waals surface area contributed by atoms with E-state index in [4.69, 9.17) is 0 Å². The Bertz CT molecular complexity index is 825. The zero-order valence-corrected chi connectivity index (χ0v) is 16.7. The third-order valence-electron chi connectivity index (χ3n) is 5.66. The summed E-state index contributed by atoms with van der Waals surface area (Å²) >= 11 is 0. The Balaban J connectivity index is 1.38. The van der Waals surface area contributed by atoms with Crippen molar-refractivity contribution >= 4 is 23.2 Å². The van der Waals surface area contributed by atoms with E-state index >= 15 is 0 Å². The molecule has 1 aromatic carbocycles. The largest absolute Gasteiger partial charge is 0.368 e. The number of anilines is 3. The number of amides is 1. The molecule has 2 aliphatic rings. The molecule has 1 amide bonds. The van der Waals surface area contributed by atoms with Gasteiger partial charge in [-0.15, -0.1) is 0 Å². The molecule has 2 saturated heterocycles. The first-order valence-electron chi connectivity index (χ1n) is 9.99. The summed E-state index contributed by atoms with van der Waals surface area (Å²) in [4.78, 5) is 29.4. The summed E-state index contributed by atoms with van der Waals surface area (Å²) in [7, 11) is 0. The van der Waals surface area contributed by atoms with Crippen LogP contribution in [-0.4, -0.2) is 73.1 Å². The highest BCUT2D eigenvalue weighted by Crippen LogP contribution is 2.23. The third-order valence-corrected chi connectivity index (χ3v) is 5.66. The normalized spacial score (nSPS) is 17.8. The Morgan fingerprint density at radius 2 is 1.39 bits per heavy atom. The highest BCUT2D eigenvalue weighted by Gasteiger charge is 2.22. The number of aromatic nitrogens is 2. The van der Waals surface area contributed by atoms with Gasteiger partial charge in [0.15, 0.2) is 0 Å². The number of hydrogen-bond acceptors (Lipinski definition) is 6. The van der Waals surface area contributed by atoms with Gasteiger partial charge in [-0.25, -0.2) is 9.97 Å². The molecule has 1 aromatic heterocycles. The lowest BCUT2D eigenvalue weighted by Crippen LogP contribution is -2.48. The standard InChI is InChI=1S/C21H28N6O/c1-17-4-3-5-19(14-17)25-8-12-27(13-9-25)21-15-20(22-16-23-21)26-10-6-24(7-11-26)18(2)28/h3-5,14-16H,6-13H2,1-2H3. The predicted octanol–water partition coefficient (Wildman–Crippen LogP) is 1.78. The van der Waals surface area contributed by atoms with Crippen molar-refractivity contribution in [3.63, 3.8) is 0 Å². The second-order valence-electron chi connectivity index (χ2n) is 7.54. The van der Waals surface area contributed by atoms with E-state index in [0.29, 0.717) is 0 Å². The Morgan fingerprint density at radius 3 is 1.96 bits per heavy atom. The molecular weight excluding hydrogens is 352 g/mol. The molecule has 28 heavy (non-hydrogen) atoms. The zero-order valence-electron chi connectivity index (χ0n) is 16.7. The van der Waals surface area contributed by atoms with Gasteiger partial charge in [-0.05, 0) is 24.6 Å². The smallest absolute Gasteiger partial charge is 0.219 e. The van der Waals surface area contributed by atoms with Gasteiger partial charge in [-0.3, -0.25) is 4.79 Å². The molecule has 7 nitrogen and oxygen atoms in total. The van der Waals surface area contributed by atoms with E-state index < -0.39 is 0 Å². The summed E-state index contributed by atoms with van der Waals surface area (Å²) in [5.41, 5.74) is 2.59. The number of hydrogen-bond donors (Lipinski definition) is 0. The molecule has 2 fully saturated rings. The topological polar surface area (TPSA) is 55.8 Å². The molecule has 0 bridgehead atoms. The van der Waals surface area contributed by atoms with Gasteiger partial charge in [0.2, 0.25) is 5.91 Å². The molecule has 2 aromatic rings. The molecule has 3 heterocycles. The minimum atomic E-state index is 0.148. The van der Waals surface area contributed by atoms with Crippen molar-refractivity contribution in [1.29, 1.82) is 0 Å². The average molecular weight is 380 g/mol. The molecule has 4 rings (SSSR count).